The average Bonchev–Trinajstić information content (AvgIpc) is 2.05. The van der Waals surface area contributed by atoms with E-state index in [1.54, 1.807) is 12.3 Å². The smallest absolute Gasteiger partial charge is 0.131 e. The van der Waals surface area contributed by atoms with Crippen LogP contribution in [0, 0.1) is 11.3 Å². The van der Waals surface area contributed by atoms with Crippen LogP contribution in [-0.4, -0.2) is 9.97 Å². The van der Waals surface area contributed by atoms with Gasteiger partial charge in [-0.1, -0.05) is 13.8 Å². The van der Waals surface area contributed by atoms with Crippen LogP contribution in [0.15, 0.2) is 12.3 Å². The molecule has 0 radical (unpaired) electrons. The first-order valence-corrected chi connectivity index (χ1v) is 3.93. The molecule has 1 aromatic heterocycles. The first kappa shape index (κ1) is 8.66. The van der Waals surface area contributed by atoms with E-state index in [1.165, 1.54) is 0 Å². The Labute approximate surface area is 72.1 Å². The Kier molecular flexibility index (Phi) is 2.76. The van der Waals surface area contributed by atoms with Crippen molar-refractivity contribution in [1.82, 2.24) is 9.97 Å². The zero-order valence-corrected chi connectivity index (χ0v) is 7.28. The van der Waals surface area contributed by atoms with Crippen molar-refractivity contribution in [2.75, 3.05) is 0 Å². The summed E-state index contributed by atoms with van der Waals surface area (Å²) in [5.74, 6) is 1.13. The van der Waals surface area contributed by atoms with Gasteiger partial charge >= 0.3 is 0 Å². The Morgan fingerprint density at radius 3 is 2.92 bits per heavy atom. The molecule has 0 unspecified atom stereocenters. The van der Waals surface area contributed by atoms with E-state index in [9.17, 15) is 0 Å². The van der Waals surface area contributed by atoms with Crippen molar-refractivity contribution in [3.8, 4) is 6.07 Å². The predicted octanol–water partition coefficient (Wildman–Crippen LogP) is 1.67. The van der Waals surface area contributed by atoms with Gasteiger partial charge in [-0.15, -0.1) is 0 Å². The molecule has 12 heavy (non-hydrogen) atoms. The second-order valence-corrected chi connectivity index (χ2v) is 2.90. The maximum absolute atomic E-state index is 8.44. The highest BCUT2D eigenvalue weighted by molar-refractivity contribution is 5.08. The molecule has 3 heteroatoms. The van der Waals surface area contributed by atoms with Crippen LogP contribution in [0.25, 0.3) is 0 Å². The molecule has 1 aromatic rings. The summed E-state index contributed by atoms with van der Waals surface area (Å²) >= 11 is 0. The van der Waals surface area contributed by atoms with Gasteiger partial charge < -0.3 is 0 Å². The van der Waals surface area contributed by atoms with E-state index < -0.39 is 0 Å². The lowest BCUT2D eigenvalue weighted by Crippen LogP contribution is -1.99. The zero-order valence-electron chi connectivity index (χ0n) is 7.28. The first-order valence-electron chi connectivity index (χ1n) is 3.93. The number of nitriles is 1. The van der Waals surface area contributed by atoms with E-state index >= 15 is 0 Å². The lowest BCUT2D eigenvalue weighted by molar-refractivity contribution is 0.762. The number of aromatic nitrogens is 2. The second-order valence-electron chi connectivity index (χ2n) is 2.90. The van der Waals surface area contributed by atoms with Crippen LogP contribution in [0.4, 0.5) is 0 Å². The Hall–Kier alpha value is -1.43. The normalized spacial score (nSPS) is 9.83. The highest BCUT2D eigenvalue weighted by Gasteiger charge is 2.02. The third kappa shape index (κ3) is 2.03. The van der Waals surface area contributed by atoms with E-state index in [2.05, 4.69) is 16.0 Å². The molecule has 0 saturated heterocycles. The highest BCUT2D eigenvalue weighted by Crippen LogP contribution is 2.07. The molecule has 0 amide bonds. The Morgan fingerprint density at radius 1 is 1.58 bits per heavy atom. The molecule has 0 aliphatic rings. The van der Waals surface area contributed by atoms with Crippen molar-refractivity contribution in [1.29, 1.82) is 5.26 Å². The minimum Gasteiger partial charge on any atom is -0.241 e. The summed E-state index contributed by atoms with van der Waals surface area (Å²) in [7, 11) is 0. The molecule has 0 saturated carbocycles. The van der Waals surface area contributed by atoms with Crippen LogP contribution in [0.2, 0.25) is 0 Å². The number of hydrogen-bond acceptors (Lipinski definition) is 3. The third-order valence-electron chi connectivity index (χ3n) is 1.51. The fourth-order valence-corrected chi connectivity index (χ4v) is 0.871. The molecule has 3 nitrogen and oxygen atoms in total. The Morgan fingerprint density at radius 2 is 2.33 bits per heavy atom. The minimum absolute atomic E-state index is 0.323. The van der Waals surface area contributed by atoms with Crippen LogP contribution >= 0.6 is 0 Å². The van der Waals surface area contributed by atoms with Crippen molar-refractivity contribution >= 4 is 0 Å². The monoisotopic (exact) mass is 161 g/mol. The SMILES string of the molecule is CC(C)c1nccc(CC#N)n1. The van der Waals surface area contributed by atoms with Crippen LogP contribution in [0.5, 0.6) is 0 Å². The Balaban J connectivity index is 2.90. The minimum atomic E-state index is 0.323. The lowest BCUT2D eigenvalue weighted by atomic mass is 10.2. The largest absolute Gasteiger partial charge is 0.241 e. The van der Waals surface area contributed by atoms with Gasteiger partial charge in [0.15, 0.2) is 0 Å². The van der Waals surface area contributed by atoms with E-state index in [4.69, 9.17) is 5.26 Å². The quantitative estimate of drug-likeness (QED) is 0.662. The van der Waals surface area contributed by atoms with Crippen molar-refractivity contribution in [3.05, 3.63) is 23.8 Å². The number of rotatable bonds is 2. The van der Waals surface area contributed by atoms with Gasteiger partial charge in [0.2, 0.25) is 0 Å². The fourth-order valence-electron chi connectivity index (χ4n) is 0.871. The third-order valence-corrected chi connectivity index (χ3v) is 1.51. The summed E-state index contributed by atoms with van der Waals surface area (Å²) in [4.78, 5) is 8.33. The molecule has 0 N–H and O–H groups in total. The van der Waals surface area contributed by atoms with Crippen molar-refractivity contribution in [3.63, 3.8) is 0 Å². The maximum atomic E-state index is 8.44. The molecule has 0 aromatic carbocycles. The van der Waals surface area contributed by atoms with E-state index in [-0.39, 0.29) is 0 Å². The van der Waals surface area contributed by atoms with Crippen LogP contribution in [0.1, 0.15) is 31.3 Å². The molecule has 1 heterocycles. The predicted molar refractivity (Wildman–Crippen MR) is 45.4 cm³/mol. The van der Waals surface area contributed by atoms with Gasteiger partial charge in [0.1, 0.15) is 5.82 Å². The lowest BCUT2D eigenvalue weighted by Gasteiger charge is -2.02. The number of hydrogen-bond donors (Lipinski definition) is 0. The van der Waals surface area contributed by atoms with Crippen molar-refractivity contribution in [2.45, 2.75) is 26.2 Å². The zero-order chi connectivity index (χ0) is 8.97. The molecule has 0 aliphatic carbocycles. The summed E-state index contributed by atoms with van der Waals surface area (Å²) in [6, 6.07) is 3.83. The topological polar surface area (TPSA) is 49.6 Å². The van der Waals surface area contributed by atoms with E-state index in [1.807, 2.05) is 13.8 Å². The van der Waals surface area contributed by atoms with Gasteiger partial charge in [-0.05, 0) is 6.07 Å². The molecule has 0 atom stereocenters. The summed E-state index contributed by atoms with van der Waals surface area (Å²) in [6.07, 6.45) is 2.07. The molecule has 62 valence electrons. The molecular weight excluding hydrogens is 150 g/mol. The van der Waals surface area contributed by atoms with Crippen molar-refractivity contribution in [2.24, 2.45) is 0 Å². The molecule has 0 spiro atoms. The second kappa shape index (κ2) is 3.82. The summed E-state index contributed by atoms with van der Waals surface area (Å²) in [6.45, 7) is 4.07. The summed E-state index contributed by atoms with van der Waals surface area (Å²) in [5, 5.41) is 8.44. The standard InChI is InChI=1S/C9H11N3/c1-7(2)9-11-6-4-8(12-9)3-5-10/h4,6-7H,3H2,1-2H3. The first-order chi connectivity index (χ1) is 5.74. The van der Waals surface area contributed by atoms with Gasteiger partial charge in [0, 0.05) is 12.1 Å². The summed E-state index contributed by atoms with van der Waals surface area (Å²) < 4.78 is 0. The van der Waals surface area contributed by atoms with Crippen LogP contribution in [-0.2, 0) is 6.42 Å². The Bertz CT molecular complexity index is 299. The molecule has 1 rings (SSSR count). The highest BCUT2D eigenvalue weighted by atomic mass is 14.9. The number of nitrogens with zero attached hydrogens (tertiary/aromatic N) is 3. The van der Waals surface area contributed by atoms with Crippen LogP contribution in [0.3, 0.4) is 0 Å². The molecular formula is C9H11N3. The van der Waals surface area contributed by atoms with Gasteiger partial charge in [-0.3, -0.25) is 0 Å². The average molecular weight is 161 g/mol. The van der Waals surface area contributed by atoms with Gasteiger partial charge in [-0.25, -0.2) is 9.97 Å². The molecule has 0 fully saturated rings. The maximum Gasteiger partial charge on any atom is 0.131 e. The molecule has 0 aliphatic heterocycles. The van der Waals surface area contributed by atoms with Gasteiger partial charge in [0.25, 0.3) is 0 Å². The molecule has 0 bridgehead atoms. The fraction of sp³-hybridized carbons (Fsp3) is 0.444. The van der Waals surface area contributed by atoms with Gasteiger partial charge in [0.05, 0.1) is 18.2 Å². The van der Waals surface area contributed by atoms with Crippen molar-refractivity contribution < 1.29 is 0 Å². The van der Waals surface area contributed by atoms with E-state index in [0.29, 0.717) is 12.3 Å². The van der Waals surface area contributed by atoms with Crippen LogP contribution < -0.4 is 0 Å². The van der Waals surface area contributed by atoms with Gasteiger partial charge in [-0.2, -0.15) is 5.26 Å². The summed E-state index contributed by atoms with van der Waals surface area (Å²) in [5.41, 5.74) is 0.802. The van der Waals surface area contributed by atoms with E-state index in [0.717, 1.165) is 11.5 Å².